The zero-order chi connectivity index (χ0) is 15.2. The van der Waals surface area contributed by atoms with Crippen molar-refractivity contribution in [3.05, 3.63) is 64.1 Å². The molecule has 0 spiro atoms. The van der Waals surface area contributed by atoms with Crippen molar-refractivity contribution >= 4 is 34.8 Å². The number of anilines is 1. The Labute approximate surface area is 134 Å². The molecule has 0 saturated carbocycles. The molecular weight excluding hydrogens is 307 g/mol. The Morgan fingerprint density at radius 3 is 2.43 bits per heavy atom. The van der Waals surface area contributed by atoms with Crippen LogP contribution in [0.3, 0.4) is 0 Å². The summed E-state index contributed by atoms with van der Waals surface area (Å²) in [5.74, 6) is -0.119. The van der Waals surface area contributed by atoms with E-state index < -0.39 is 0 Å². The molecular formula is C16H16Cl2N2O. The number of hydrogen-bond acceptors (Lipinski definition) is 2. The summed E-state index contributed by atoms with van der Waals surface area (Å²) in [6.07, 6.45) is 0. The Kier molecular flexibility index (Phi) is 5.62. The van der Waals surface area contributed by atoms with E-state index in [-0.39, 0.29) is 18.5 Å². The molecule has 1 unspecified atom stereocenters. The highest BCUT2D eigenvalue weighted by Gasteiger charge is 2.08. The van der Waals surface area contributed by atoms with Gasteiger partial charge >= 0.3 is 0 Å². The first kappa shape index (κ1) is 15.8. The molecule has 21 heavy (non-hydrogen) atoms. The first-order chi connectivity index (χ1) is 10.0. The molecule has 0 fully saturated rings. The number of carbonyl (C=O) groups is 1. The van der Waals surface area contributed by atoms with E-state index in [0.29, 0.717) is 15.7 Å². The predicted molar refractivity (Wildman–Crippen MR) is 88.0 cm³/mol. The molecule has 0 aliphatic carbocycles. The Balaban J connectivity index is 1.86. The average Bonchev–Trinajstić information content (AvgIpc) is 2.45. The molecule has 2 aromatic carbocycles. The van der Waals surface area contributed by atoms with E-state index in [4.69, 9.17) is 23.2 Å². The molecule has 0 radical (unpaired) electrons. The Hall–Kier alpha value is -1.55. The minimum absolute atomic E-state index is 0.0359. The van der Waals surface area contributed by atoms with Crippen LogP contribution in [0.5, 0.6) is 0 Å². The highest BCUT2D eigenvalue weighted by molar-refractivity contribution is 6.31. The van der Waals surface area contributed by atoms with Gasteiger partial charge in [0.2, 0.25) is 5.91 Å². The first-order valence-electron chi connectivity index (χ1n) is 6.59. The molecule has 1 amide bonds. The van der Waals surface area contributed by atoms with Crippen LogP contribution in [-0.4, -0.2) is 12.5 Å². The largest absolute Gasteiger partial charge is 0.325 e. The molecule has 0 saturated heterocycles. The van der Waals surface area contributed by atoms with Crippen LogP contribution in [0.15, 0.2) is 48.5 Å². The van der Waals surface area contributed by atoms with Gasteiger partial charge < -0.3 is 10.6 Å². The molecule has 110 valence electrons. The molecule has 0 heterocycles. The summed E-state index contributed by atoms with van der Waals surface area (Å²) in [5.41, 5.74) is 1.72. The van der Waals surface area contributed by atoms with Crippen molar-refractivity contribution in [2.24, 2.45) is 0 Å². The standard InChI is InChI=1S/C16H16Cl2N2O/c1-11(12-4-2-5-13(17)8-12)19-10-16(21)20-15-7-3-6-14(18)9-15/h2-9,11,19H,10H2,1H3,(H,20,21). The highest BCUT2D eigenvalue weighted by Crippen LogP contribution is 2.17. The minimum Gasteiger partial charge on any atom is -0.325 e. The number of nitrogens with one attached hydrogen (secondary N) is 2. The van der Waals surface area contributed by atoms with Crippen LogP contribution >= 0.6 is 23.2 Å². The molecule has 0 aliphatic rings. The van der Waals surface area contributed by atoms with Gasteiger partial charge in [-0.1, -0.05) is 41.4 Å². The maximum atomic E-state index is 11.9. The third-order valence-corrected chi connectivity index (χ3v) is 3.50. The molecule has 1 atom stereocenters. The van der Waals surface area contributed by atoms with Crippen molar-refractivity contribution in [3.63, 3.8) is 0 Å². The maximum absolute atomic E-state index is 11.9. The molecule has 5 heteroatoms. The van der Waals surface area contributed by atoms with Crippen LogP contribution in [0.1, 0.15) is 18.5 Å². The van der Waals surface area contributed by atoms with Gasteiger partial charge in [0.1, 0.15) is 0 Å². The quantitative estimate of drug-likeness (QED) is 0.862. The van der Waals surface area contributed by atoms with E-state index in [9.17, 15) is 4.79 Å². The molecule has 3 nitrogen and oxygen atoms in total. The van der Waals surface area contributed by atoms with Gasteiger partial charge in [-0.25, -0.2) is 0 Å². The van der Waals surface area contributed by atoms with E-state index in [1.54, 1.807) is 24.3 Å². The van der Waals surface area contributed by atoms with E-state index in [1.165, 1.54) is 0 Å². The number of halogens is 2. The van der Waals surface area contributed by atoms with Crippen LogP contribution in [-0.2, 0) is 4.79 Å². The Morgan fingerprint density at radius 2 is 1.76 bits per heavy atom. The molecule has 2 aromatic rings. The molecule has 2 N–H and O–H groups in total. The monoisotopic (exact) mass is 322 g/mol. The lowest BCUT2D eigenvalue weighted by molar-refractivity contribution is -0.115. The summed E-state index contributed by atoms with van der Waals surface area (Å²) < 4.78 is 0. The summed E-state index contributed by atoms with van der Waals surface area (Å²) in [4.78, 5) is 11.9. The lowest BCUT2D eigenvalue weighted by Gasteiger charge is -2.14. The number of carbonyl (C=O) groups excluding carboxylic acids is 1. The van der Waals surface area contributed by atoms with E-state index in [0.717, 1.165) is 5.56 Å². The zero-order valence-electron chi connectivity index (χ0n) is 11.6. The maximum Gasteiger partial charge on any atom is 0.238 e. The lowest BCUT2D eigenvalue weighted by Crippen LogP contribution is -2.30. The topological polar surface area (TPSA) is 41.1 Å². The molecule has 0 aliphatic heterocycles. The Morgan fingerprint density at radius 1 is 1.10 bits per heavy atom. The molecule has 0 bridgehead atoms. The van der Waals surface area contributed by atoms with Crippen molar-refractivity contribution in [1.82, 2.24) is 5.32 Å². The van der Waals surface area contributed by atoms with Crippen LogP contribution in [0.4, 0.5) is 5.69 Å². The predicted octanol–water partition coefficient (Wildman–Crippen LogP) is 4.28. The van der Waals surface area contributed by atoms with Crippen LogP contribution in [0.2, 0.25) is 10.0 Å². The van der Waals surface area contributed by atoms with Crippen molar-refractivity contribution in [1.29, 1.82) is 0 Å². The summed E-state index contributed by atoms with van der Waals surface area (Å²) in [5, 5.41) is 7.22. The SMILES string of the molecule is CC(NCC(=O)Nc1cccc(Cl)c1)c1cccc(Cl)c1. The fourth-order valence-electron chi connectivity index (χ4n) is 1.91. The van der Waals surface area contributed by atoms with E-state index in [1.807, 2.05) is 31.2 Å². The summed E-state index contributed by atoms with van der Waals surface area (Å²) >= 11 is 11.8. The number of hydrogen-bond donors (Lipinski definition) is 2. The minimum atomic E-state index is -0.119. The second-order valence-corrected chi connectivity index (χ2v) is 5.59. The number of benzene rings is 2. The van der Waals surface area contributed by atoms with Gasteiger partial charge in [0.15, 0.2) is 0 Å². The normalized spacial score (nSPS) is 12.0. The second-order valence-electron chi connectivity index (χ2n) is 4.72. The third-order valence-electron chi connectivity index (χ3n) is 3.03. The first-order valence-corrected chi connectivity index (χ1v) is 7.34. The Bertz CT molecular complexity index is 631. The van der Waals surface area contributed by atoms with Crippen molar-refractivity contribution in [2.75, 3.05) is 11.9 Å². The number of amides is 1. The van der Waals surface area contributed by atoms with E-state index >= 15 is 0 Å². The van der Waals surface area contributed by atoms with Gasteiger partial charge in [0.25, 0.3) is 0 Å². The summed E-state index contributed by atoms with van der Waals surface area (Å²) in [7, 11) is 0. The second kappa shape index (κ2) is 7.46. The zero-order valence-corrected chi connectivity index (χ0v) is 13.1. The fraction of sp³-hybridized carbons (Fsp3) is 0.188. The number of rotatable bonds is 5. The van der Waals surface area contributed by atoms with Crippen LogP contribution < -0.4 is 10.6 Å². The van der Waals surface area contributed by atoms with Crippen molar-refractivity contribution < 1.29 is 4.79 Å². The lowest BCUT2D eigenvalue weighted by atomic mass is 10.1. The van der Waals surface area contributed by atoms with Crippen molar-refractivity contribution in [3.8, 4) is 0 Å². The van der Waals surface area contributed by atoms with Gasteiger partial charge in [0, 0.05) is 21.8 Å². The van der Waals surface area contributed by atoms with Crippen LogP contribution in [0.25, 0.3) is 0 Å². The fourth-order valence-corrected chi connectivity index (χ4v) is 2.30. The van der Waals surface area contributed by atoms with Gasteiger partial charge in [-0.3, -0.25) is 4.79 Å². The van der Waals surface area contributed by atoms with Gasteiger partial charge in [0.05, 0.1) is 6.54 Å². The third kappa shape index (κ3) is 5.05. The molecule has 0 aromatic heterocycles. The summed E-state index contributed by atoms with van der Waals surface area (Å²) in [6, 6.07) is 14.7. The highest BCUT2D eigenvalue weighted by atomic mass is 35.5. The molecule has 2 rings (SSSR count). The van der Waals surface area contributed by atoms with Crippen molar-refractivity contribution in [2.45, 2.75) is 13.0 Å². The van der Waals surface area contributed by atoms with Gasteiger partial charge in [-0.15, -0.1) is 0 Å². The van der Waals surface area contributed by atoms with Gasteiger partial charge in [-0.2, -0.15) is 0 Å². The van der Waals surface area contributed by atoms with Crippen LogP contribution in [0, 0.1) is 0 Å². The van der Waals surface area contributed by atoms with E-state index in [2.05, 4.69) is 10.6 Å². The average molecular weight is 323 g/mol. The summed E-state index contributed by atoms with van der Waals surface area (Å²) in [6.45, 7) is 2.19. The smallest absolute Gasteiger partial charge is 0.238 e. The van der Waals surface area contributed by atoms with Gasteiger partial charge in [-0.05, 0) is 42.8 Å².